The van der Waals surface area contributed by atoms with Crippen LogP contribution in [0, 0.1) is 6.92 Å². The molecular formula is C19H15ClN2O2S2. The molecule has 0 saturated carbocycles. The van der Waals surface area contributed by atoms with Crippen molar-refractivity contribution < 1.29 is 8.42 Å². The molecule has 3 heterocycles. The van der Waals surface area contributed by atoms with E-state index in [2.05, 4.69) is 9.97 Å². The molecule has 0 amide bonds. The Kier molecular flexibility index (Phi) is 4.34. The second-order valence-electron chi connectivity index (χ2n) is 5.97. The fraction of sp³-hybridized carbons (Fsp3) is 0.105. The molecule has 132 valence electrons. The average Bonchev–Trinajstić information content (AvgIpc) is 3.22. The Bertz CT molecular complexity index is 1190. The molecule has 0 aliphatic carbocycles. The van der Waals surface area contributed by atoms with Gasteiger partial charge in [0.2, 0.25) is 9.84 Å². The molecule has 4 nitrogen and oxygen atoms in total. The zero-order valence-electron chi connectivity index (χ0n) is 13.9. The van der Waals surface area contributed by atoms with Crippen molar-refractivity contribution in [2.24, 2.45) is 0 Å². The molecule has 0 aliphatic rings. The van der Waals surface area contributed by atoms with Gasteiger partial charge in [0.15, 0.2) is 5.03 Å². The molecule has 0 radical (unpaired) electrons. The van der Waals surface area contributed by atoms with Gasteiger partial charge < -0.3 is 4.98 Å². The van der Waals surface area contributed by atoms with Crippen molar-refractivity contribution in [3.8, 4) is 0 Å². The summed E-state index contributed by atoms with van der Waals surface area (Å²) in [5, 5.41) is 3.55. The normalized spacial score (nSPS) is 11.9. The first-order valence-corrected chi connectivity index (χ1v) is 10.7. The molecule has 7 heteroatoms. The van der Waals surface area contributed by atoms with Gasteiger partial charge in [0.25, 0.3) is 0 Å². The van der Waals surface area contributed by atoms with Crippen LogP contribution in [0.3, 0.4) is 0 Å². The number of benzene rings is 1. The summed E-state index contributed by atoms with van der Waals surface area (Å²) in [6.07, 6.45) is 2.01. The van der Waals surface area contributed by atoms with E-state index in [0.29, 0.717) is 16.3 Å². The van der Waals surface area contributed by atoms with Crippen LogP contribution in [0.1, 0.15) is 16.1 Å². The number of nitrogens with one attached hydrogen (secondary N) is 1. The standard InChI is InChI=1S/C19H15ClN2O2S2/c1-12-14(15-10-13(20)5-6-16(15)22-12)11-17-18(7-9-25-17)26(23,24)19-4-2-3-8-21-19/h2-10,22H,11H2,1H3. The molecule has 0 saturated heterocycles. The minimum atomic E-state index is -3.64. The third-order valence-corrected chi connectivity index (χ3v) is 7.36. The lowest BCUT2D eigenvalue weighted by Gasteiger charge is -2.06. The molecule has 3 aromatic heterocycles. The van der Waals surface area contributed by atoms with Crippen molar-refractivity contribution in [1.82, 2.24) is 9.97 Å². The van der Waals surface area contributed by atoms with Crippen LogP contribution >= 0.6 is 22.9 Å². The smallest absolute Gasteiger partial charge is 0.224 e. The van der Waals surface area contributed by atoms with Gasteiger partial charge in [-0.1, -0.05) is 17.7 Å². The number of fused-ring (bicyclic) bond motifs is 1. The first kappa shape index (κ1) is 17.3. The monoisotopic (exact) mass is 402 g/mol. The maximum absolute atomic E-state index is 13.0. The molecule has 26 heavy (non-hydrogen) atoms. The van der Waals surface area contributed by atoms with Crippen molar-refractivity contribution in [3.63, 3.8) is 0 Å². The van der Waals surface area contributed by atoms with E-state index in [-0.39, 0.29) is 5.03 Å². The van der Waals surface area contributed by atoms with E-state index < -0.39 is 9.84 Å². The molecular weight excluding hydrogens is 388 g/mol. The Morgan fingerprint density at radius 3 is 2.81 bits per heavy atom. The van der Waals surface area contributed by atoms with Crippen molar-refractivity contribution in [1.29, 1.82) is 0 Å². The van der Waals surface area contributed by atoms with Crippen LogP contribution in [0.4, 0.5) is 0 Å². The van der Waals surface area contributed by atoms with E-state index in [1.165, 1.54) is 23.6 Å². The Labute approximate surface area is 160 Å². The zero-order chi connectivity index (χ0) is 18.3. The molecule has 0 spiro atoms. The number of aromatic nitrogens is 2. The number of halogens is 1. The molecule has 1 N–H and O–H groups in total. The number of nitrogens with zero attached hydrogens (tertiary/aromatic N) is 1. The molecule has 4 aromatic rings. The van der Waals surface area contributed by atoms with E-state index >= 15 is 0 Å². The van der Waals surface area contributed by atoms with Crippen LogP contribution in [0.5, 0.6) is 0 Å². The van der Waals surface area contributed by atoms with Crippen molar-refractivity contribution in [2.75, 3.05) is 0 Å². The highest BCUT2D eigenvalue weighted by molar-refractivity contribution is 7.91. The minimum Gasteiger partial charge on any atom is -0.358 e. The van der Waals surface area contributed by atoms with Gasteiger partial charge in [-0.05, 0) is 54.3 Å². The van der Waals surface area contributed by atoms with Gasteiger partial charge in [-0.3, -0.25) is 0 Å². The summed E-state index contributed by atoms with van der Waals surface area (Å²) in [5.41, 5.74) is 3.06. The number of H-pyrrole nitrogens is 1. The Morgan fingerprint density at radius 2 is 2.04 bits per heavy atom. The lowest BCUT2D eigenvalue weighted by Crippen LogP contribution is -2.05. The zero-order valence-corrected chi connectivity index (χ0v) is 16.3. The highest BCUT2D eigenvalue weighted by Crippen LogP contribution is 2.33. The molecule has 1 aromatic carbocycles. The summed E-state index contributed by atoms with van der Waals surface area (Å²) in [7, 11) is -3.64. The molecule has 0 bridgehead atoms. The Hall–Kier alpha value is -2.15. The second-order valence-corrected chi connectivity index (χ2v) is 9.28. The molecule has 0 unspecified atom stereocenters. The van der Waals surface area contributed by atoms with Gasteiger partial charge in [0.05, 0.1) is 4.90 Å². The topological polar surface area (TPSA) is 62.8 Å². The predicted molar refractivity (Wildman–Crippen MR) is 105 cm³/mol. The summed E-state index contributed by atoms with van der Waals surface area (Å²) in [6, 6.07) is 12.2. The van der Waals surface area contributed by atoms with Crippen LogP contribution in [-0.2, 0) is 16.3 Å². The summed E-state index contributed by atoms with van der Waals surface area (Å²) >= 11 is 7.59. The second kappa shape index (κ2) is 6.54. The molecule has 0 atom stereocenters. The van der Waals surface area contributed by atoms with Gasteiger partial charge in [0, 0.05) is 39.1 Å². The third-order valence-electron chi connectivity index (χ3n) is 4.33. The predicted octanol–water partition coefficient (Wildman–Crippen LogP) is 5.01. The third kappa shape index (κ3) is 2.94. The number of pyridine rings is 1. The summed E-state index contributed by atoms with van der Waals surface area (Å²) in [4.78, 5) is 8.47. The van der Waals surface area contributed by atoms with Gasteiger partial charge in [-0.15, -0.1) is 11.3 Å². The highest BCUT2D eigenvalue weighted by atomic mass is 35.5. The number of aromatic amines is 1. The maximum Gasteiger partial charge on any atom is 0.224 e. The van der Waals surface area contributed by atoms with Crippen molar-refractivity contribution in [3.05, 3.63) is 75.2 Å². The van der Waals surface area contributed by atoms with Crippen molar-refractivity contribution >= 4 is 43.7 Å². The van der Waals surface area contributed by atoms with Gasteiger partial charge in [-0.2, -0.15) is 0 Å². The SMILES string of the molecule is Cc1[nH]c2ccc(Cl)cc2c1Cc1sccc1S(=O)(=O)c1ccccn1. The van der Waals surface area contributed by atoms with E-state index in [1.54, 1.807) is 18.2 Å². The summed E-state index contributed by atoms with van der Waals surface area (Å²) in [6.45, 7) is 1.99. The number of hydrogen-bond acceptors (Lipinski definition) is 4. The van der Waals surface area contributed by atoms with Gasteiger partial charge in [-0.25, -0.2) is 13.4 Å². The quantitative estimate of drug-likeness (QED) is 0.521. The number of sulfone groups is 1. The van der Waals surface area contributed by atoms with Crippen molar-refractivity contribution in [2.45, 2.75) is 23.3 Å². The molecule has 4 rings (SSSR count). The van der Waals surface area contributed by atoms with Crippen LogP contribution in [-0.4, -0.2) is 18.4 Å². The van der Waals surface area contributed by atoms with Crippen LogP contribution in [0.25, 0.3) is 10.9 Å². The van der Waals surface area contributed by atoms with Gasteiger partial charge >= 0.3 is 0 Å². The van der Waals surface area contributed by atoms with Gasteiger partial charge in [0.1, 0.15) is 0 Å². The highest BCUT2D eigenvalue weighted by Gasteiger charge is 2.24. The number of rotatable bonds is 4. The lowest BCUT2D eigenvalue weighted by molar-refractivity contribution is 0.592. The summed E-state index contributed by atoms with van der Waals surface area (Å²) < 4.78 is 25.9. The van der Waals surface area contributed by atoms with E-state index in [9.17, 15) is 8.42 Å². The van der Waals surface area contributed by atoms with E-state index in [4.69, 9.17) is 11.6 Å². The lowest BCUT2D eigenvalue weighted by atomic mass is 10.1. The fourth-order valence-electron chi connectivity index (χ4n) is 3.06. The van der Waals surface area contributed by atoms with Crippen LogP contribution in [0.15, 0.2) is 64.0 Å². The number of hydrogen-bond donors (Lipinski definition) is 1. The summed E-state index contributed by atoms with van der Waals surface area (Å²) in [5.74, 6) is 0. The largest absolute Gasteiger partial charge is 0.358 e. The number of aryl methyl sites for hydroxylation is 1. The van der Waals surface area contributed by atoms with Crippen LogP contribution in [0.2, 0.25) is 5.02 Å². The molecule has 0 aliphatic heterocycles. The average molecular weight is 403 g/mol. The van der Waals surface area contributed by atoms with E-state index in [1.807, 2.05) is 30.5 Å². The fourth-order valence-corrected chi connectivity index (χ4v) is 5.87. The van der Waals surface area contributed by atoms with E-state index in [0.717, 1.165) is 27.0 Å². The first-order valence-electron chi connectivity index (χ1n) is 7.96. The maximum atomic E-state index is 13.0. The first-order chi connectivity index (χ1) is 12.5. The van der Waals surface area contributed by atoms with Crippen LogP contribution < -0.4 is 0 Å². The Balaban J connectivity index is 1.80. The number of thiophene rings is 1. The minimum absolute atomic E-state index is 0.0679. The molecule has 0 fully saturated rings. The Morgan fingerprint density at radius 1 is 1.19 bits per heavy atom.